The largest absolute Gasteiger partial charge is 0.308 e. The molecule has 0 aliphatic heterocycles. The summed E-state index contributed by atoms with van der Waals surface area (Å²) in [6.45, 7) is 6.04. The molecule has 0 unspecified atom stereocenters. The third kappa shape index (κ3) is 3.55. The molecule has 0 atom stereocenters. The molecule has 0 radical (unpaired) electrons. The van der Waals surface area contributed by atoms with Gasteiger partial charge in [0.1, 0.15) is 16.7 Å². The van der Waals surface area contributed by atoms with E-state index in [2.05, 4.69) is 25.4 Å². The van der Waals surface area contributed by atoms with Crippen molar-refractivity contribution in [3.05, 3.63) is 34.5 Å². The highest BCUT2D eigenvalue weighted by molar-refractivity contribution is 7.99. The summed E-state index contributed by atoms with van der Waals surface area (Å²) in [6.07, 6.45) is 1.45. The Kier molecular flexibility index (Phi) is 4.05. The summed E-state index contributed by atoms with van der Waals surface area (Å²) < 4.78 is 0. The van der Waals surface area contributed by atoms with Gasteiger partial charge in [-0.3, -0.25) is 4.79 Å². The number of rotatable bonds is 3. The van der Waals surface area contributed by atoms with Crippen molar-refractivity contribution >= 4 is 17.6 Å². The number of nitrogens with zero attached hydrogens (tertiary/aromatic N) is 3. The number of anilines is 1. The van der Waals surface area contributed by atoms with Crippen molar-refractivity contribution in [2.75, 3.05) is 5.43 Å². The maximum atomic E-state index is 11.3. The standard InChI is InChI=1S/C12H16N6OS/c1-12(2,3)10-15-7(18-13)6-9(17-10)20-11-14-5-4-8(19)16-11/h4-6H,13H2,1-3H3,(H,14,16,19)(H,15,17,18). The van der Waals surface area contributed by atoms with E-state index in [0.29, 0.717) is 21.8 Å². The highest BCUT2D eigenvalue weighted by Crippen LogP contribution is 2.27. The Hall–Kier alpha value is -1.93. The summed E-state index contributed by atoms with van der Waals surface area (Å²) in [5.41, 5.74) is 2.11. The molecule has 0 fully saturated rings. The molecule has 20 heavy (non-hydrogen) atoms. The molecule has 0 bridgehead atoms. The van der Waals surface area contributed by atoms with Gasteiger partial charge in [-0.05, 0) is 11.8 Å². The first-order valence-corrected chi connectivity index (χ1v) is 6.79. The van der Waals surface area contributed by atoms with E-state index in [0.717, 1.165) is 0 Å². The van der Waals surface area contributed by atoms with Crippen molar-refractivity contribution in [1.82, 2.24) is 19.9 Å². The van der Waals surface area contributed by atoms with Gasteiger partial charge in [0.05, 0.1) is 0 Å². The molecule has 2 aromatic rings. The lowest BCUT2D eigenvalue weighted by molar-refractivity contribution is 0.539. The lowest BCUT2D eigenvalue weighted by atomic mass is 9.96. The highest BCUT2D eigenvalue weighted by atomic mass is 32.2. The maximum absolute atomic E-state index is 11.3. The Morgan fingerprint density at radius 3 is 2.70 bits per heavy atom. The second-order valence-corrected chi connectivity index (χ2v) is 6.16. The number of aromatic nitrogens is 4. The van der Waals surface area contributed by atoms with Crippen molar-refractivity contribution in [3.8, 4) is 0 Å². The molecule has 0 saturated carbocycles. The molecular weight excluding hydrogens is 276 g/mol. The zero-order valence-corrected chi connectivity index (χ0v) is 12.3. The number of hydrazine groups is 1. The molecule has 7 nitrogen and oxygen atoms in total. The Balaban J connectivity index is 2.38. The molecule has 0 aliphatic rings. The van der Waals surface area contributed by atoms with Crippen LogP contribution in [0.3, 0.4) is 0 Å². The van der Waals surface area contributed by atoms with E-state index in [1.165, 1.54) is 24.0 Å². The van der Waals surface area contributed by atoms with Crippen LogP contribution in [-0.4, -0.2) is 19.9 Å². The van der Waals surface area contributed by atoms with Crippen LogP contribution in [-0.2, 0) is 5.41 Å². The second-order valence-electron chi connectivity index (χ2n) is 5.15. The molecule has 0 saturated heterocycles. The summed E-state index contributed by atoms with van der Waals surface area (Å²) in [5.74, 6) is 6.61. The molecule has 2 heterocycles. The molecule has 0 spiro atoms. The van der Waals surface area contributed by atoms with Gasteiger partial charge < -0.3 is 10.4 Å². The highest BCUT2D eigenvalue weighted by Gasteiger charge is 2.19. The van der Waals surface area contributed by atoms with Gasteiger partial charge in [0, 0.05) is 23.7 Å². The zero-order valence-electron chi connectivity index (χ0n) is 11.5. The van der Waals surface area contributed by atoms with Gasteiger partial charge in [0.2, 0.25) is 0 Å². The molecule has 2 rings (SSSR count). The van der Waals surface area contributed by atoms with E-state index in [1.807, 2.05) is 20.8 Å². The van der Waals surface area contributed by atoms with Crippen molar-refractivity contribution < 1.29 is 0 Å². The quantitative estimate of drug-likeness (QED) is 0.338. The lowest BCUT2D eigenvalue weighted by Crippen LogP contribution is -2.19. The lowest BCUT2D eigenvalue weighted by Gasteiger charge is -2.18. The van der Waals surface area contributed by atoms with Gasteiger partial charge in [0.25, 0.3) is 5.56 Å². The average Bonchev–Trinajstić information content (AvgIpc) is 2.37. The van der Waals surface area contributed by atoms with E-state index in [9.17, 15) is 4.79 Å². The first kappa shape index (κ1) is 14.5. The fourth-order valence-electron chi connectivity index (χ4n) is 1.39. The van der Waals surface area contributed by atoms with Crippen LogP contribution in [0.4, 0.5) is 5.82 Å². The minimum Gasteiger partial charge on any atom is -0.308 e. The summed E-state index contributed by atoms with van der Waals surface area (Å²) in [7, 11) is 0. The van der Waals surface area contributed by atoms with Crippen molar-refractivity contribution in [3.63, 3.8) is 0 Å². The van der Waals surface area contributed by atoms with E-state index in [-0.39, 0.29) is 11.0 Å². The van der Waals surface area contributed by atoms with E-state index >= 15 is 0 Å². The predicted octanol–water partition coefficient (Wildman–Crippen LogP) is 1.29. The van der Waals surface area contributed by atoms with Gasteiger partial charge in [0.15, 0.2) is 5.16 Å². The zero-order chi connectivity index (χ0) is 14.8. The van der Waals surface area contributed by atoms with Gasteiger partial charge >= 0.3 is 0 Å². The number of nitrogen functional groups attached to an aromatic ring is 1. The Morgan fingerprint density at radius 1 is 1.35 bits per heavy atom. The molecule has 106 valence electrons. The second kappa shape index (κ2) is 5.59. The van der Waals surface area contributed by atoms with Gasteiger partial charge in [-0.1, -0.05) is 20.8 Å². The number of nitrogens with two attached hydrogens (primary N) is 1. The van der Waals surface area contributed by atoms with Crippen LogP contribution in [0, 0.1) is 0 Å². The number of aromatic amines is 1. The summed E-state index contributed by atoms with van der Waals surface area (Å²) in [4.78, 5) is 26.8. The molecule has 0 aliphatic carbocycles. The molecule has 2 aromatic heterocycles. The van der Waals surface area contributed by atoms with Gasteiger partial charge in [-0.25, -0.2) is 20.8 Å². The van der Waals surface area contributed by atoms with E-state index < -0.39 is 0 Å². The number of hydrogen-bond acceptors (Lipinski definition) is 7. The number of nitrogens with one attached hydrogen (secondary N) is 2. The van der Waals surface area contributed by atoms with E-state index in [1.54, 1.807) is 6.07 Å². The minimum atomic E-state index is -0.209. The molecular formula is C12H16N6OS. The number of H-pyrrole nitrogens is 1. The fourth-order valence-corrected chi connectivity index (χ4v) is 2.16. The van der Waals surface area contributed by atoms with Crippen LogP contribution in [0.15, 0.2) is 33.3 Å². The summed E-state index contributed by atoms with van der Waals surface area (Å²) in [5, 5.41) is 1.13. The maximum Gasteiger partial charge on any atom is 0.251 e. The first-order chi connectivity index (χ1) is 9.38. The van der Waals surface area contributed by atoms with Crippen molar-refractivity contribution in [1.29, 1.82) is 0 Å². The SMILES string of the molecule is CC(C)(C)c1nc(NN)cc(Sc2nccc(=O)[nH]2)n1. The van der Waals surface area contributed by atoms with Crippen LogP contribution >= 0.6 is 11.8 Å². The third-order valence-electron chi connectivity index (χ3n) is 2.37. The molecule has 0 amide bonds. The minimum absolute atomic E-state index is 0.204. The smallest absolute Gasteiger partial charge is 0.251 e. The van der Waals surface area contributed by atoms with Crippen LogP contribution in [0.2, 0.25) is 0 Å². The third-order valence-corrected chi connectivity index (χ3v) is 3.19. The Bertz CT molecular complexity index is 663. The van der Waals surface area contributed by atoms with Crippen LogP contribution in [0.25, 0.3) is 0 Å². The predicted molar refractivity (Wildman–Crippen MR) is 77.5 cm³/mol. The number of hydrogen-bond donors (Lipinski definition) is 3. The molecule has 4 N–H and O–H groups in total. The Labute approximate surface area is 120 Å². The van der Waals surface area contributed by atoms with Gasteiger partial charge in [-0.15, -0.1) is 0 Å². The van der Waals surface area contributed by atoms with Gasteiger partial charge in [-0.2, -0.15) is 0 Å². The topological polar surface area (TPSA) is 110 Å². The van der Waals surface area contributed by atoms with Crippen LogP contribution in [0.5, 0.6) is 0 Å². The average molecular weight is 292 g/mol. The molecule has 0 aromatic carbocycles. The van der Waals surface area contributed by atoms with Crippen molar-refractivity contribution in [2.24, 2.45) is 5.84 Å². The van der Waals surface area contributed by atoms with Crippen LogP contribution < -0.4 is 16.8 Å². The summed E-state index contributed by atoms with van der Waals surface area (Å²) >= 11 is 1.25. The monoisotopic (exact) mass is 292 g/mol. The fraction of sp³-hybridized carbons (Fsp3) is 0.333. The molecule has 8 heteroatoms. The first-order valence-electron chi connectivity index (χ1n) is 5.98. The van der Waals surface area contributed by atoms with Crippen molar-refractivity contribution in [2.45, 2.75) is 36.4 Å². The Morgan fingerprint density at radius 2 is 2.10 bits per heavy atom. The van der Waals surface area contributed by atoms with Crippen LogP contribution in [0.1, 0.15) is 26.6 Å². The normalized spacial score (nSPS) is 11.4. The van der Waals surface area contributed by atoms with E-state index in [4.69, 9.17) is 5.84 Å². The summed E-state index contributed by atoms with van der Waals surface area (Å²) in [6, 6.07) is 3.06.